The van der Waals surface area contributed by atoms with Crippen molar-refractivity contribution in [2.75, 3.05) is 0 Å². The zero-order chi connectivity index (χ0) is 14.5. The minimum atomic E-state index is -0.181. The molecule has 108 valence electrons. The number of hydrogen-bond acceptors (Lipinski definition) is 6. The van der Waals surface area contributed by atoms with Crippen molar-refractivity contribution in [1.29, 1.82) is 0 Å². The highest BCUT2D eigenvalue weighted by molar-refractivity contribution is 5.76. The molecule has 0 fully saturated rings. The third-order valence-corrected chi connectivity index (χ3v) is 2.97. The van der Waals surface area contributed by atoms with E-state index in [0.29, 0.717) is 18.8 Å². The summed E-state index contributed by atoms with van der Waals surface area (Å²) in [6.45, 7) is 6.84. The van der Waals surface area contributed by atoms with Crippen LogP contribution in [0, 0.1) is 6.92 Å². The third-order valence-electron chi connectivity index (χ3n) is 2.97. The smallest absolute Gasteiger partial charge is 0.222 e. The summed E-state index contributed by atoms with van der Waals surface area (Å²) in [5.74, 6) is 1.37. The molecule has 2 aromatic heterocycles. The molecular weight excluding hydrogens is 260 g/mol. The molecule has 2 heterocycles. The van der Waals surface area contributed by atoms with Crippen LogP contribution in [0.1, 0.15) is 38.0 Å². The van der Waals surface area contributed by atoms with Crippen molar-refractivity contribution in [3.05, 3.63) is 18.0 Å². The minimum Gasteiger partial charge on any atom is -0.346 e. The summed E-state index contributed by atoms with van der Waals surface area (Å²) in [5.41, 5.74) is 0. The molecule has 0 aliphatic heterocycles. The maximum atomic E-state index is 11.9. The van der Waals surface area contributed by atoms with Crippen LogP contribution in [0.5, 0.6) is 0 Å². The van der Waals surface area contributed by atoms with Gasteiger partial charge in [0.25, 0.3) is 0 Å². The Bertz CT molecular complexity index is 574. The third kappa shape index (κ3) is 3.16. The van der Waals surface area contributed by atoms with Crippen LogP contribution in [0.3, 0.4) is 0 Å². The Morgan fingerprint density at radius 3 is 2.90 bits per heavy atom. The van der Waals surface area contributed by atoms with Crippen LogP contribution in [-0.2, 0) is 17.9 Å². The number of aromatic nitrogens is 7. The molecule has 0 spiro atoms. The Morgan fingerprint density at radius 2 is 2.25 bits per heavy atom. The van der Waals surface area contributed by atoms with Crippen LogP contribution in [0.2, 0.25) is 0 Å². The van der Waals surface area contributed by atoms with Crippen molar-refractivity contribution >= 4 is 5.91 Å². The number of amides is 1. The van der Waals surface area contributed by atoms with Gasteiger partial charge >= 0.3 is 0 Å². The second-order valence-electron chi connectivity index (χ2n) is 4.42. The van der Waals surface area contributed by atoms with Gasteiger partial charge in [-0.1, -0.05) is 0 Å². The molecule has 0 bridgehead atoms. The lowest BCUT2D eigenvalue weighted by atomic mass is 10.3. The molecular formula is C11H18N8O. The molecule has 0 aromatic carbocycles. The fourth-order valence-electron chi connectivity index (χ4n) is 1.89. The van der Waals surface area contributed by atoms with Gasteiger partial charge in [0.2, 0.25) is 5.91 Å². The summed E-state index contributed by atoms with van der Waals surface area (Å²) in [7, 11) is 0. The van der Waals surface area contributed by atoms with Crippen molar-refractivity contribution in [2.45, 2.75) is 46.3 Å². The maximum absolute atomic E-state index is 11.9. The van der Waals surface area contributed by atoms with Gasteiger partial charge in [-0.2, -0.15) is 5.10 Å². The summed E-state index contributed by atoms with van der Waals surface area (Å²) >= 11 is 0. The van der Waals surface area contributed by atoms with Gasteiger partial charge in [0.1, 0.15) is 18.0 Å². The fourth-order valence-corrected chi connectivity index (χ4v) is 1.89. The Balaban J connectivity index is 1.87. The first kappa shape index (κ1) is 14.1. The molecule has 2 aromatic rings. The van der Waals surface area contributed by atoms with E-state index in [1.165, 1.54) is 6.33 Å². The van der Waals surface area contributed by atoms with Crippen LogP contribution in [0.25, 0.3) is 0 Å². The topological polar surface area (TPSA) is 103 Å². The van der Waals surface area contributed by atoms with Crippen LogP contribution in [0.4, 0.5) is 0 Å². The van der Waals surface area contributed by atoms with E-state index in [0.717, 1.165) is 12.4 Å². The zero-order valence-corrected chi connectivity index (χ0v) is 11.8. The van der Waals surface area contributed by atoms with Crippen LogP contribution in [-0.4, -0.2) is 40.9 Å². The van der Waals surface area contributed by atoms with Gasteiger partial charge in [0.15, 0.2) is 0 Å². The number of nitrogens with one attached hydrogen (secondary N) is 1. The SMILES string of the molecule is CCn1ncnc1[C@@H](C)NC(=O)CCn1nnnc1C. The first-order valence-corrected chi connectivity index (χ1v) is 6.51. The predicted octanol–water partition coefficient (Wildman–Crippen LogP) is -0.140. The molecule has 0 aliphatic rings. The van der Waals surface area contributed by atoms with Crippen molar-refractivity contribution in [3.63, 3.8) is 0 Å². The number of tetrazole rings is 1. The van der Waals surface area contributed by atoms with E-state index in [4.69, 9.17) is 0 Å². The lowest BCUT2D eigenvalue weighted by Gasteiger charge is -2.13. The van der Waals surface area contributed by atoms with E-state index in [9.17, 15) is 4.79 Å². The van der Waals surface area contributed by atoms with Crippen molar-refractivity contribution in [1.82, 2.24) is 40.3 Å². The lowest BCUT2D eigenvalue weighted by molar-refractivity contribution is -0.122. The van der Waals surface area contributed by atoms with E-state index in [1.807, 2.05) is 13.8 Å². The van der Waals surface area contributed by atoms with Gasteiger partial charge in [-0.3, -0.25) is 4.79 Å². The number of nitrogens with zero attached hydrogens (tertiary/aromatic N) is 7. The van der Waals surface area contributed by atoms with Crippen molar-refractivity contribution < 1.29 is 4.79 Å². The fraction of sp³-hybridized carbons (Fsp3) is 0.636. The average molecular weight is 278 g/mol. The molecule has 9 heteroatoms. The van der Waals surface area contributed by atoms with E-state index in [2.05, 4.69) is 30.9 Å². The van der Waals surface area contributed by atoms with Gasteiger partial charge in [-0.05, 0) is 31.2 Å². The standard InChI is InChI=1S/C11H18N8O/c1-4-18-11(12-7-13-18)8(2)14-10(20)5-6-19-9(3)15-16-17-19/h7-8H,4-6H2,1-3H3,(H,14,20)/t8-/m1/s1. The second kappa shape index (κ2) is 6.22. The Labute approximate surface area is 116 Å². The highest BCUT2D eigenvalue weighted by Gasteiger charge is 2.15. The van der Waals surface area contributed by atoms with Crippen LogP contribution >= 0.6 is 0 Å². The number of carbonyl (C=O) groups is 1. The van der Waals surface area contributed by atoms with Gasteiger partial charge in [0, 0.05) is 13.0 Å². The summed E-state index contributed by atoms with van der Waals surface area (Å²) in [4.78, 5) is 16.1. The predicted molar refractivity (Wildman–Crippen MR) is 69.4 cm³/mol. The Kier molecular flexibility index (Phi) is 4.38. The molecule has 1 amide bonds. The van der Waals surface area contributed by atoms with Crippen molar-refractivity contribution in [2.24, 2.45) is 0 Å². The zero-order valence-electron chi connectivity index (χ0n) is 11.8. The minimum absolute atomic E-state index is 0.0712. The molecule has 9 nitrogen and oxygen atoms in total. The highest BCUT2D eigenvalue weighted by atomic mass is 16.1. The van der Waals surface area contributed by atoms with E-state index in [1.54, 1.807) is 16.3 Å². The molecule has 0 aliphatic carbocycles. The number of aryl methyl sites for hydroxylation is 3. The molecule has 2 rings (SSSR count). The Hall–Kier alpha value is -2.32. The first-order valence-electron chi connectivity index (χ1n) is 6.51. The highest BCUT2D eigenvalue weighted by Crippen LogP contribution is 2.08. The molecule has 1 N–H and O–H groups in total. The average Bonchev–Trinajstić information content (AvgIpc) is 3.04. The first-order chi connectivity index (χ1) is 9.61. The van der Waals surface area contributed by atoms with Crippen LogP contribution < -0.4 is 5.32 Å². The molecule has 0 saturated heterocycles. The van der Waals surface area contributed by atoms with E-state index in [-0.39, 0.29) is 11.9 Å². The van der Waals surface area contributed by atoms with Gasteiger partial charge in [-0.15, -0.1) is 5.10 Å². The second-order valence-corrected chi connectivity index (χ2v) is 4.42. The number of carbonyl (C=O) groups excluding carboxylic acids is 1. The Morgan fingerprint density at radius 1 is 1.45 bits per heavy atom. The van der Waals surface area contributed by atoms with E-state index >= 15 is 0 Å². The summed E-state index contributed by atoms with van der Waals surface area (Å²) < 4.78 is 3.36. The molecule has 20 heavy (non-hydrogen) atoms. The summed E-state index contributed by atoms with van der Waals surface area (Å²) in [6, 6.07) is -0.181. The number of hydrogen-bond donors (Lipinski definition) is 1. The normalized spacial score (nSPS) is 12.3. The maximum Gasteiger partial charge on any atom is 0.222 e. The number of rotatable bonds is 6. The monoisotopic (exact) mass is 278 g/mol. The molecule has 0 saturated carbocycles. The van der Waals surface area contributed by atoms with Crippen molar-refractivity contribution in [3.8, 4) is 0 Å². The van der Waals surface area contributed by atoms with Gasteiger partial charge in [-0.25, -0.2) is 14.3 Å². The van der Waals surface area contributed by atoms with Gasteiger partial charge < -0.3 is 5.32 Å². The largest absolute Gasteiger partial charge is 0.346 e. The lowest BCUT2D eigenvalue weighted by Crippen LogP contribution is -2.29. The summed E-state index contributed by atoms with van der Waals surface area (Å²) in [5, 5.41) is 18.1. The molecule has 0 radical (unpaired) electrons. The quantitative estimate of drug-likeness (QED) is 0.788. The summed E-state index contributed by atoms with van der Waals surface area (Å²) in [6.07, 6.45) is 1.81. The van der Waals surface area contributed by atoms with Crippen LogP contribution in [0.15, 0.2) is 6.33 Å². The molecule has 1 atom stereocenters. The molecule has 0 unspecified atom stereocenters. The van der Waals surface area contributed by atoms with Gasteiger partial charge in [0.05, 0.1) is 12.6 Å². The van der Waals surface area contributed by atoms with E-state index < -0.39 is 0 Å².